The van der Waals surface area contributed by atoms with Gasteiger partial charge in [0.25, 0.3) is 0 Å². The average Bonchev–Trinajstić information content (AvgIpc) is 2.35. The molecule has 1 aromatic carbocycles. The fourth-order valence-electron chi connectivity index (χ4n) is 1.28. The van der Waals surface area contributed by atoms with Gasteiger partial charge in [0.1, 0.15) is 11.6 Å². The van der Waals surface area contributed by atoms with E-state index < -0.39 is 0 Å². The summed E-state index contributed by atoms with van der Waals surface area (Å²) in [7, 11) is 0. The second-order valence-electron chi connectivity index (χ2n) is 3.42. The summed E-state index contributed by atoms with van der Waals surface area (Å²) in [6.45, 7) is 0. The van der Waals surface area contributed by atoms with Gasteiger partial charge in [0.2, 0.25) is 0 Å². The number of pyridine rings is 1. The Morgan fingerprint density at radius 1 is 1.17 bits per heavy atom. The number of anilines is 2. The van der Waals surface area contributed by atoms with Crippen molar-refractivity contribution in [2.45, 2.75) is 0 Å². The monoisotopic (exact) mass is 281 g/mol. The van der Waals surface area contributed by atoms with Crippen molar-refractivity contribution >= 4 is 40.4 Å². The van der Waals surface area contributed by atoms with Gasteiger partial charge in [-0.3, -0.25) is 0 Å². The molecule has 0 unspecified atom stereocenters. The Balaban J connectivity index is 2.01. The van der Waals surface area contributed by atoms with E-state index in [9.17, 15) is 4.39 Å². The van der Waals surface area contributed by atoms with Crippen LogP contribution in [0.15, 0.2) is 42.6 Å². The van der Waals surface area contributed by atoms with Gasteiger partial charge in [-0.1, -0.05) is 23.7 Å². The van der Waals surface area contributed by atoms with Gasteiger partial charge < -0.3 is 10.6 Å². The molecule has 0 spiro atoms. The van der Waals surface area contributed by atoms with Gasteiger partial charge in [0, 0.05) is 6.20 Å². The third-order valence-electron chi connectivity index (χ3n) is 2.09. The Hall–Kier alpha value is -1.72. The quantitative estimate of drug-likeness (QED) is 0.824. The normalized spacial score (nSPS) is 9.89. The molecular weight excluding hydrogens is 273 g/mol. The highest BCUT2D eigenvalue weighted by Crippen LogP contribution is 2.13. The van der Waals surface area contributed by atoms with Gasteiger partial charge in [-0.15, -0.1) is 0 Å². The smallest absolute Gasteiger partial charge is 0.176 e. The molecule has 0 fully saturated rings. The molecular formula is C12H9ClFN3S. The number of para-hydroxylation sites is 1. The van der Waals surface area contributed by atoms with Crippen molar-refractivity contribution in [2.24, 2.45) is 0 Å². The lowest BCUT2D eigenvalue weighted by molar-refractivity contribution is 0.632. The number of benzene rings is 1. The zero-order valence-electron chi connectivity index (χ0n) is 9.15. The van der Waals surface area contributed by atoms with E-state index in [1.807, 2.05) is 0 Å². The first-order valence-corrected chi connectivity index (χ1v) is 5.88. The maximum absolute atomic E-state index is 13.4. The van der Waals surface area contributed by atoms with Crippen molar-refractivity contribution in [1.82, 2.24) is 4.98 Å². The third-order valence-corrected chi connectivity index (χ3v) is 2.52. The molecule has 6 heteroatoms. The average molecular weight is 282 g/mol. The molecule has 2 N–H and O–H groups in total. The molecule has 18 heavy (non-hydrogen) atoms. The van der Waals surface area contributed by atoms with E-state index >= 15 is 0 Å². The summed E-state index contributed by atoms with van der Waals surface area (Å²) in [6.07, 6.45) is 1.50. The second kappa shape index (κ2) is 5.75. The van der Waals surface area contributed by atoms with Crippen LogP contribution in [0.25, 0.3) is 0 Å². The lowest BCUT2D eigenvalue weighted by atomic mass is 10.3. The van der Waals surface area contributed by atoms with Gasteiger partial charge in [-0.05, 0) is 36.5 Å². The molecule has 2 aromatic rings. The van der Waals surface area contributed by atoms with Crippen LogP contribution in [0.1, 0.15) is 0 Å². The van der Waals surface area contributed by atoms with Crippen LogP contribution in [-0.4, -0.2) is 10.1 Å². The number of hydrogen-bond donors (Lipinski definition) is 2. The Morgan fingerprint density at radius 2 is 1.94 bits per heavy atom. The van der Waals surface area contributed by atoms with E-state index in [0.717, 1.165) is 0 Å². The molecule has 0 radical (unpaired) electrons. The number of aromatic nitrogens is 1. The highest BCUT2D eigenvalue weighted by molar-refractivity contribution is 7.80. The first kappa shape index (κ1) is 12.7. The molecule has 0 atom stereocenters. The zero-order valence-corrected chi connectivity index (χ0v) is 10.7. The number of halogens is 2. The van der Waals surface area contributed by atoms with Crippen LogP contribution in [0.5, 0.6) is 0 Å². The predicted molar refractivity (Wildman–Crippen MR) is 75.5 cm³/mol. The number of thiocarbonyl (C=S) groups is 1. The molecule has 92 valence electrons. The highest BCUT2D eigenvalue weighted by Gasteiger charge is 2.03. The fraction of sp³-hybridized carbons (Fsp3) is 0. The molecule has 0 aliphatic carbocycles. The first-order chi connectivity index (χ1) is 8.65. The number of hydrogen-bond acceptors (Lipinski definition) is 2. The number of nitrogens with zero attached hydrogens (tertiary/aromatic N) is 1. The van der Waals surface area contributed by atoms with Crippen molar-refractivity contribution < 1.29 is 4.39 Å². The van der Waals surface area contributed by atoms with Gasteiger partial charge in [0.05, 0.1) is 10.7 Å². The van der Waals surface area contributed by atoms with Crippen molar-refractivity contribution in [3.8, 4) is 0 Å². The summed E-state index contributed by atoms with van der Waals surface area (Å²) in [4.78, 5) is 4.02. The lowest BCUT2D eigenvalue weighted by Gasteiger charge is -2.10. The van der Waals surface area contributed by atoms with E-state index in [-0.39, 0.29) is 10.9 Å². The molecule has 0 saturated carbocycles. The summed E-state index contributed by atoms with van der Waals surface area (Å²) in [5, 5.41) is 6.37. The van der Waals surface area contributed by atoms with Gasteiger partial charge in [-0.2, -0.15) is 0 Å². The molecule has 0 saturated heterocycles. The SMILES string of the molecule is Fc1ccccc1NC(=S)Nc1ccc(Cl)cn1. The van der Waals surface area contributed by atoms with Crippen molar-refractivity contribution in [2.75, 3.05) is 10.6 Å². The Bertz CT molecular complexity index is 560. The Labute approximate surface area is 114 Å². The zero-order chi connectivity index (χ0) is 13.0. The van der Waals surface area contributed by atoms with E-state index in [0.29, 0.717) is 16.5 Å². The minimum Gasteiger partial charge on any atom is -0.330 e. The predicted octanol–water partition coefficient (Wildman–Crippen LogP) is 3.68. The minimum absolute atomic E-state index is 0.259. The Kier molecular flexibility index (Phi) is 4.07. The molecule has 0 amide bonds. The molecule has 2 rings (SSSR count). The van der Waals surface area contributed by atoms with Crippen LogP contribution in [0.2, 0.25) is 5.02 Å². The summed E-state index contributed by atoms with van der Waals surface area (Å²) < 4.78 is 13.4. The van der Waals surface area contributed by atoms with Crippen LogP contribution >= 0.6 is 23.8 Å². The number of rotatable bonds is 2. The van der Waals surface area contributed by atoms with E-state index in [4.69, 9.17) is 23.8 Å². The fourth-order valence-corrected chi connectivity index (χ4v) is 1.61. The van der Waals surface area contributed by atoms with Crippen molar-refractivity contribution in [3.63, 3.8) is 0 Å². The van der Waals surface area contributed by atoms with E-state index in [1.54, 1.807) is 30.3 Å². The van der Waals surface area contributed by atoms with Crippen LogP contribution in [-0.2, 0) is 0 Å². The minimum atomic E-state index is -0.370. The van der Waals surface area contributed by atoms with Crippen LogP contribution in [0.3, 0.4) is 0 Å². The van der Waals surface area contributed by atoms with Crippen molar-refractivity contribution in [1.29, 1.82) is 0 Å². The maximum atomic E-state index is 13.4. The van der Waals surface area contributed by atoms with Crippen LogP contribution < -0.4 is 10.6 Å². The van der Waals surface area contributed by atoms with Gasteiger partial charge in [0.15, 0.2) is 5.11 Å². The third kappa shape index (κ3) is 3.38. The topological polar surface area (TPSA) is 37.0 Å². The van der Waals surface area contributed by atoms with Crippen LogP contribution in [0, 0.1) is 5.82 Å². The van der Waals surface area contributed by atoms with Gasteiger partial charge >= 0.3 is 0 Å². The maximum Gasteiger partial charge on any atom is 0.176 e. The lowest BCUT2D eigenvalue weighted by Crippen LogP contribution is -2.20. The molecule has 0 aliphatic rings. The molecule has 0 bridgehead atoms. The summed E-state index contributed by atoms with van der Waals surface area (Å²) in [5.74, 6) is 0.166. The van der Waals surface area contributed by atoms with Crippen molar-refractivity contribution in [3.05, 3.63) is 53.4 Å². The molecule has 3 nitrogen and oxygen atoms in total. The van der Waals surface area contributed by atoms with Crippen LogP contribution in [0.4, 0.5) is 15.9 Å². The van der Waals surface area contributed by atoms with E-state index in [1.165, 1.54) is 12.3 Å². The summed E-state index contributed by atoms with van der Waals surface area (Å²) in [6, 6.07) is 9.64. The Morgan fingerprint density at radius 3 is 2.61 bits per heavy atom. The molecule has 1 heterocycles. The van der Waals surface area contributed by atoms with E-state index in [2.05, 4.69) is 15.6 Å². The summed E-state index contributed by atoms with van der Waals surface area (Å²) >= 11 is 10.8. The molecule has 0 aliphatic heterocycles. The number of nitrogens with one attached hydrogen (secondary N) is 2. The molecule has 1 aromatic heterocycles. The second-order valence-corrected chi connectivity index (χ2v) is 4.27. The highest BCUT2D eigenvalue weighted by atomic mass is 35.5. The largest absolute Gasteiger partial charge is 0.330 e. The van der Waals surface area contributed by atoms with Gasteiger partial charge in [-0.25, -0.2) is 9.37 Å². The summed E-state index contributed by atoms with van der Waals surface area (Å²) in [5.41, 5.74) is 0.309. The standard InChI is InChI=1S/C12H9ClFN3S/c13-8-5-6-11(15-7-8)17-12(18)16-10-4-2-1-3-9(10)14/h1-7H,(H2,15,16,17,18). The first-order valence-electron chi connectivity index (χ1n) is 5.09.